The first kappa shape index (κ1) is 33.2. The van der Waals surface area contributed by atoms with Crippen LogP contribution in [0.1, 0.15) is 111 Å². The van der Waals surface area contributed by atoms with Gasteiger partial charge in [-0.05, 0) is 104 Å². The lowest BCUT2D eigenvalue weighted by molar-refractivity contribution is -0.153. The fourth-order valence-electron chi connectivity index (χ4n) is 7.47. The topological polar surface area (TPSA) is 105 Å². The molecular formula is C38H48O6. The highest BCUT2D eigenvalue weighted by molar-refractivity contribution is 6.23. The standard InChI is InChI=1S/C38H48O6/c1-21(2)11-13-25(24(7)8)19-37-20-26(14-12-22(3)4)36(9,10)38(35(37)43,16-15-23(5)6)33(42)31-32(41)27-17-28(39)29(40)18-30(27)44-34(31)37/h11-12,15,17-18,25-26,39-40H,7,13-14,16,19-20H2,1-6,8-10H3/t25-,26+,37+,38-/m1/s1. The second-order valence-electron chi connectivity index (χ2n) is 14.5. The third-order valence-electron chi connectivity index (χ3n) is 10.3. The van der Waals surface area contributed by atoms with Gasteiger partial charge in [-0.1, -0.05) is 60.9 Å². The summed E-state index contributed by atoms with van der Waals surface area (Å²) >= 11 is 0. The van der Waals surface area contributed by atoms with Crippen LogP contribution >= 0.6 is 0 Å². The van der Waals surface area contributed by atoms with Gasteiger partial charge in [0.1, 0.15) is 22.3 Å². The van der Waals surface area contributed by atoms with Crippen molar-refractivity contribution in [2.75, 3.05) is 0 Å². The van der Waals surface area contributed by atoms with E-state index < -0.39 is 39.0 Å². The molecule has 2 N–H and O–H groups in total. The predicted octanol–water partition coefficient (Wildman–Crippen LogP) is 8.89. The molecular weight excluding hydrogens is 552 g/mol. The van der Waals surface area contributed by atoms with E-state index in [9.17, 15) is 15.0 Å². The Balaban J connectivity index is 2.19. The van der Waals surface area contributed by atoms with Gasteiger partial charge in [0.15, 0.2) is 23.1 Å². The predicted molar refractivity (Wildman–Crippen MR) is 176 cm³/mol. The number of benzene rings is 1. The first-order valence-electron chi connectivity index (χ1n) is 15.6. The average Bonchev–Trinajstić information content (AvgIpc) is 2.91. The summed E-state index contributed by atoms with van der Waals surface area (Å²) in [5.74, 6) is -1.76. The summed E-state index contributed by atoms with van der Waals surface area (Å²) < 4.78 is 6.46. The van der Waals surface area contributed by atoms with E-state index in [1.54, 1.807) is 0 Å². The Hall–Kier alpha value is -3.67. The van der Waals surface area contributed by atoms with E-state index in [1.807, 2.05) is 68.4 Å². The Morgan fingerprint density at radius 3 is 2.11 bits per heavy atom. The Morgan fingerprint density at radius 1 is 0.955 bits per heavy atom. The molecule has 0 amide bonds. The molecule has 2 bridgehead atoms. The summed E-state index contributed by atoms with van der Waals surface area (Å²) in [6, 6.07) is 2.33. The zero-order valence-corrected chi connectivity index (χ0v) is 27.8. The molecule has 6 nitrogen and oxygen atoms in total. The minimum Gasteiger partial charge on any atom is -0.504 e. The number of phenols is 2. The van der Waals surface area contributed by atoms with Crippen molar-refractivity contribution in [1.82, 2.24) is 0 Å². The molecule has 1 saturated carbocycles. The third-order valence-corrected chi connectivity index (χ3v) is 10.3. The summed E-state index contributed by atoms with van der Waals surface area (Å²) in [5, 5.41) is 20.6. The number of rotatable bonds is 9. The van der Waals surface area contributed by atoms with Gasteiger partial charge in [0.25, 0.3) is 0 Å². The van der Waals surface area contributed by atoms with Gasteiger partial charge in [0.2, 0.25) is 5.43 Å². The van der Waals surface area contributed by atoms with Crippen molar-refractivity contribution in [3.63, 3.8) is 0 Å². The van der Waals surface area contributed by atoms with Crippen LogP contribution in [0.5, 0.6) is 11.5 Å². The lowest BCUT2D eigenvalue weighted by Crippen LogP contribution is -2.68. The maximum absolute atomic E-state index is 15.4. The van der Waals surface area contributed by atoms with E-state index in [4.69, 9.17) is 4.42 Å². The van der Waals surface area contributed by atoms with Gasteiger partial charge in [0.05, 0.1) is 10.8 Å². The van der Waals surface area contributed by atoms with E-state index in [1.165, 1.54) is 6.07 Å². The summed E-state index contributed by atoms with van der Waals surface area (Å²) in [6.45, 7) is 22.3. The molecule has 4 rings (SSSR count). The van der Waals surface area contributed by atoms with Crippen LogP contribution in [-0.4, -0.2) is 21.8 Å². The van der Waals surface area contributed by atoms with Gasteiger partial charge >= 0.3 is 0 Å². The molecule has 4 atom stereocenters. The lowest BCUT2D eigenvalue weighted by atomic mass is 9.39. The fourth-order valence-corrected chi connectivity index (χ4v) is 7.47. The van der Waals surface area contributed by atoms with Crippen molar-refractivity contribution in [1.29, 1.82) is 0 Å². The largest absolute Gasteiger partial charge is 0.504 e. The smallest absolute Gasteiger partial charge is 0.204 e. The molecule has 1 fully saturated rings. The summed E-state index contributed by atoms with van der Waals surface area (Å²) in [5.41, 5.74) is -0.0614. The monoisotopic (exact) mass is 600 g/mol. The molecule has 2 aliphatic carbocycles. The van der Waals surface area contributed by atoms with Gasteiger partial charge in [-0.25, -0.2) is 0 Å². The summed E-state index contributed by atoms with van der Waals surface area (Å²) in [6.07, 6.45) is 8.49. The number of allylic oxidation sites excluding steroid dienone is 7. The van der Waals surface area contributed by atoms with Crippen molar-refractivity contribution in [2.45, 2.75) is 99.8 Å². The third kappa shape index (κ3) is 5.20. The molecule has 2 aromatic rings. The quantitative estimate of drug-likeness (QED) is 0.169. The second-order valence-corrected chi connectivity index (χ2v) is 14.5. The number of ketones is 2. The number of Topliss-reactive ketones (excluding diaryl/α,β-unsaturated/α-hetero) is 2. The Bertz CT molecular complexity index is 1680. The molecule has 0 unspecified atom stereocenters. The number of hydrogen-bond donors (Lipinski definition) is 2. The Kier molecular flexibility index (Phi) is 8.82. The van der Waals surface area contributed by atoms with E-state index >= 15 is 9.59 Å². The van der Waals surface area contributed by atoms with E-state index in [0.29, 0.717) is 25.7 Å². The van der Waals surface area contributed by atoms with Gasteiger partial charge in [-0.2, -0.15) is 0 Å². The van der Waals surface area contributed by atoms with Crippen LogP contribution in [0.3, 0.4) is 0 Å². The number of hydrogen-bond acceptors (Lipinski definition) is 6. The number of phenolic OH excluding ortho intramolecular Hbond substituents is 2. The molecule has 0 radical (unpaired) electrons. The zero-order valence-electron chi connectivity index (χ0n) is 27.8. The van der Waals surface area contributed by atoms with Gasteiger partial charge in [-0.15, -0.1) is 0 Å². The van der Waals surface area contributed by atoms with Gasteiger partial charge in [-0.3, -0.25) is 14.4 Å². The SMILES string of the molecule is C=C(C)[C@H](CC=C(C)C)C[C@]12C[C@H](CC=C(C)C)C(C)(C)[C@](CC=C(C)C)(C(=O)c3c1oc1cc(O)c(O)cc1c3=O)C2=O. The van der Waals surface area contributed by atoms with Crippen LogP contribution in [0.25, 0.3) is 11.0 Å². The molecule has 6 heteroatoms. The van der Waals surface area contributed by atoms with Crippen molar-refractivity contribution in [3.8, 4) is 11.5 Å². The van der Waals surface area contributed by atoms with Crippen LogP contribution in [-0.2, 0) is 10.2 Å². The van der Waals surface area contributed by atoms with Crippen LogP contribution in [0.4, 0.5) is 0 Å². The lowest BCUT2D eigenvalue weighted by Gasteiger charge is -2.60. The zero-order chi connectivity index (χ0) is 32.9. The molecule has 1 aromatic heterocycles. The fraction of sp³-hybridized carbons (Fsp3) is 0.500. The van der Waals surface area contributed by atoms with Crippen molar-refractivity contribution in [2.24, 2.45) is 22.7 Å². The minimum absolute atomic E-state index is 0.00720. The van der Waals surface area contributed by atoms with Crippen LogP contribution in [0, 0.1) is 22.7 Å². The number of fused-ring (bicyclic) bond motifs is 5. The maximum atomic E-state index is 15.4. The Labute approximate surface area is 261 Å². The van der Waals surface area contributed by atoms with Crippen molar-refractivity contribution >= 4 is 22.5 Å². The van der Waals surface area contributed by atoms with E-state index in [0.717, 1.165) is 28.4 Å². The van der Waals surface area contributed by atoms with E-state index in [-0.39, 0.29) is 46.3 Å². The highest BCUT2D eigenvalue weighted by atomic mass is 16.3. The highest BCUT2D eigenvalue weighted by Crippen LogP contribution is 2.66. The molecule has 1 aromatic carbocycles. The first-order valence-corrected chi connectivity index (χ1v) is 15.6. The molecule has 2 aliphatic rings. The molecule has 0 spiro atoms. The number of carbonyl (C=O) groups is 2. The van der Waals surface area contributed by atoms with Crippen LogP contribution < -0.4 is 5.43 Å². The molecule has 236 valence electrons. The van der Waals surface area contributed by atoms with Crippen LogP contribution in [0.2, 0.25) is 0 Å². The van der Waals surface area contributed by atoms with Gasteiger partial charge in [0, 0.05) is 6.07 Å². The Morgan fingerprint density at radius 2 is 1.55 bits per heavy atom. The maximum Gasteiger partial charge on any atom is 0.204 e. The first-order chi connectivity index (χ1) is 20.4. The molecule has 44 heavy (non-hydrogen) atoms. The normalized spacial score (nSPS) is 24.3. The van der Waals surface area contributed by atoms with Crippen molar-refractivity contribution < 1.29 is 24.2 Å². The summed E-state index contributed by atoms with van der Waals surface area (Å²) in [7, 11) is 0. The molecule has 0 saturated heterocycles. The second kappa shape index (κ2) is 11.7. The number of aromatic hydroxyl groups is 2. The number of carbonyl (C=O) groups excluding carboxylic acids is 2. The molecule has 1 heterocycles. The van der Waals surface area contributed by atoms with Crippen LogP contribution in [0.15, 0.2) is 68.4 Å². The average molecular weight is 601 g/mol. The summed E-state index contributed by atoms with van der Waals surface area (Å²) in [4.78, 5) is 44.8. The molecule has 0 aliphatic heterocycles. The highest BCUT2D eigenvalue weighted by Gasteiger charge is 2.72. The minimum atomic E-state index is -1.51. The van der Waals surface area contributed by atoms with Crippen molar-refractivity contribution in [3.05, 3.63) is 80.8 Å². The van der Waals surface area contributed by atoms with Gasteiger partial charge < -0.3 is 14.6 Å². The van der Waals surface area contributed by atoms with E-state index in [2.05, 4.69) is 18.7 Å².